The molecule has 0 radical (unpaired) electrons. The van der Waals surface area contributed by atoms with Crippen LogP contribution in [0.2, 0.25) is 5.02 Å². The fourth-order valence-electron chi connectivity index (χ4n) is 2.43. The summed E-state index contributed by atoms with van der Waals surface area (Å²) >= 11 is 6.97. The quantitative estimate of drug-likeness (QED) is 0.579. The molecule has 30 heavy (non-hydrogen) atoms. The highest BCUT2D eigenvalue weighted by atomic mass is 35.5. The monoisotopic (exact) mass is 446 g/mol. The summed E-state index contributed by atoms with van der Waals surface area (Å²) < 4.78 is 6.59. The van der Waals surface area contributed by atoms with Crippen LogP contribution in [0, 0.1) is 12.8 Å². The van der Waals surface area contributed by atoms with E-state index in [2.05, 4.69) is 15.4 Å². The highest BCUT2D eigenvalue weighted by Gasteiger charge is 2.20. The Bertz CT molecular complexity index is 1160. The maximum Gasteiger partial charge on any atom is 0.350 e. The first-order valence-corrected chi connectivity index (χ1v) is 10.3. The van der Waals surface area contributed by atoms with E-state index in [0.717, 1.165) is 11.3 Å². The molecule has 1 N–H and O–H groups in total. The highest BCUT2D eigenvalue weighted by Crippen LogP contribution is 2.24. The lowest BCUT2D eigenvalue weighted by atomic mass is 10.2. The largest absolute Gasteiger partial charge is 0.461 e. The molecular formula is C20H19ClN4O4S. The van der Waals surface area contributed by atoms with Crippen LogP contribution in [0.4, 0.5) is 5.13 Å². The number of nitrogens with zero attached hydrogens (tertiary/aromatic N) is 3. The van der Waals surface area contributed by atoms with Crippen LogP contribution in [-0.4, -0.2) is 33.2 Å². The first kappa shape index (κ1) is 21.7. The summed E-state index contributed by atoms with van der Waals surface area (Å²) in [5.41, 5.74) is 0.170. The zero-order valence-corrected chi connectivity index (χ0v) is 18.1. The van der Waals surface area contributed by atoms with Crippen molar-refractivity contribution in [3.05, 3.63) is 68.0 Å². The summed E-state index contributed by atoms with van der Waals surface area (Å²) in [5, 5.41) is 7.31. The van der Waals surface area contributed by atoms with Crippen LogP contribution < -0.4 is 10.7 Å². The molecule has 2 heterocycles. The minimum atomic E-state index is -0.729. The fraction of sp³-hybridized carbons (Fsp3) is 0.250. The minimum absolute atomic E-state index is 0.174. The van der Waals surface area contributed by atoms with Crippen LogP contribution in [0.5, 0.6) is 0 Å². The van der Waals surface area contributed by atoms with Crippen LogP contribution >= 0.6 is 22.9 Å². The zero-order chi connectivity index (χ0) is 21.8. The van der Waals surface area contributed by atoms with E-state index in [0.29, 0.717) is 21.3 Å². The standard InChI is InChI=1S/C20H19ClN4O4S/c1-11(2)10-29-19(28)17-12(3)22-20(30-17)23-18(27)16-15(26)7-8-25(24-16)14-6-4-5-13(21)9-14/h4-9,11H,10H2,1-3H3,(H,22,23,27). The van der Waals surface area contributed by atoms with Crippen LogP contribution in [0.15, 0.2) is 41.3 Å². The molecule has 1 aromatic carbocycles. The Kier molecular flexibility index (Phi) is 6.63. The van der Waals surface area contributed by atoms with Gasteiger partial charge in [-0.2, -0.15) is 5.10 Å². The Morgan fingerprint density at radius 3 is 2.77 bits per heavy atom. The van der Waals surface area contributed by atoms with E-state index in [-0.39, 0.29) is 23.4 Å². The number of hydrogen-bond acceptors (Lipinski definition) is 7. The molecule has 0 aliphatic rings. The number of aromatic nitrogens is 3. The molecule has 10 heteroatoms. The molecule has 3 aromatic rings. The average Bonchev–Trinajstić information content (AvgIpc) is 3.06. The van der Waals surface area contributed by atoms with E-state index in [1.54, 1.807) is 31.2 Å². The number of carbonyl (C=O) groups excluding carboxylic acids is 2. The first-order chi connectivity index (χ1) is 14.2. The number of amides is 1. The molecule has 0 unspecified atom stereocenters. The lowest BCUT2D eigenvalue weighted by Gasteiger charge is -2.07. The molecular weight excluding hydrogens is 428 g/mol. The summed E-state index contributed by atoms with van der Waals surface area (Å²) in [7, 11) is 0. The predicted octanol–water partition coefficient (Wildman–Crippen LogP) is 3.72. The summed E-state index contributed by atoms with van der Waals surface area (Å²) in [5.74, 6) is -1.03. The van der Waals surface area contributed by atoms with Crippen LogP contribution in [-0.2, 0) is 4.74 Å². The second-order valence-corrected chi connectivity index (χ2v) is 8.27. The van der Waals surface area contributed by atoms with Crippen molar-refractivity contribution in [2.75, 3.05) is 11.9 Å². The maximum atomic E-state index is 12.6. The first-order valence-electron chi connectivity index (χ1n) is 9.06. The molecule has 0 spiro atoms. The fourth-order valence-corrected chi connectivity index (χ4v) is 3.47. The summed E-state index contributed by atoms with van der Waals surface area (Å²) in [4.78, 5) is 41.5. The van der Waals surface area contributed by atoms with E-state index in [4.69, 9.17) is 16.3 Å². The Balaban J connectivity index is 1.81. The van der Waals surface area contributed by atoms with Crippen molar-refractivity contribution in [1.82, 2.24) is 14.8 Å². The van der Waals surface area contributed by atoms with Gasteiger partial charge in [0.05, 0.1) is 18.0 Å². The number of ether oxygens (including phenoxy) is 1. The molecule has 0 atom stereocenters. The van der Waals surface area contributed by atoms with Gasteiger partial charge in [0.15, 0.2) is 10.8 Å². The van der Waals surface area contributed by atoms with Gasteiger partial charge in [-0.1, -0.05) is 42.9 Å². The summed E-state index contributed by atoms with van der Waals surface area (Å²) in [6.07, 6.45) is 1.45. The van der Waals surface area contributed by atoms with Crippen molar-refractivity contribution in [3.8, 4) is 5.69 Å². The number of thiazole rings is 1. The Morgan fingerprint density at radius 2 is 2.07 bits per heavy atom. The SMILES string of the molecule is Cc1nc(NC(=O)c2nn(-c3cccc(Cl)c3)ccc2=O)sc1C(=O)OCC(C)C. The topological polar surface area (TPSA) is 103 Å². The third-order valence-corrected chi connectivity index (χ3v) is 5.13. The van der Waals surface area contributed by atoms with Gasteiger partial charge in [0.1, 0.15) is 4.88 Å². The molecule has 1 amide bonds. The van der Waals surface area contributed by atoms with Crippen LogP contribution in [0.25, 0.3) is 5.69 Å². The maximum absolute atomic E-state index is 12.6. The number of rotatable bonds is 6. The molecule has 156 valence electrons. The van der Waals surface area contributed by atoms with Gasteiger partial charge < -0.3 is 4.74 Å². The summed E-state index contributed by atoms with van der Waals surface area (Å²) in [6, 6.07) is 8.07. The lowest BCUT2D eigenvalue weighted by molar-refractivity contribution is 0.0463. The smallest absolute Gasteiger partial charge is 0.350 e. The van der Waals surface area contributed by atoms with Crippen LogP contribution in [0.1, 0.15) is 39.7 Å². The Morgan fingerprint density at radius 1 is 1.30 bits per heavy atom. The molecule has 2 aromatic heterocycles. The third-order valence-electron chi connectivity index (χ3n) is 3.85. The van der Waals surface area contributed by atoms with Gasteiger partial charge in [0.25, 0.3) is 5.91 Å². The van der Waals surface area contributed by atoms with Crippen LogP contribution in [0.3, 0.4) is 0 Å². The van der Waals surface area contributed by atoms with Crippen molar-refractivity contribution in [1.29, 1.82) is 0 Å². The number of nitrogens with one attached hydrogen (secondary N) is 1. The van der Waals surface area contributed by atoms with Crippen molar-refractivity contribution in [2.24, 2.45) is 5.92 Å². The third kappa shape index (κ3) is 5.11. The number of halogens is 1. The second-order valence-electron chi connectivity index (χ2n) is 6.83. The number of carbonyl (C=O) groups is 2. The van der Waals surface area contributed by atoms with E-state index in [1.807, 2.05) is 13.8 Å². The van der Waals surface area contributed by atoms with Gasteiger partial charge in [0.2, 0.25) is 5.43 Å². The van der Waals surface area contributed by atoms with Crippen molar-refractivity contribution >= 4 is 39.9 Å². The molecule has 0 fully saturated rings. The average molecular weight is 447 g/mol. The van der Waals surface area contributed by atoms with Crippen molar-refractivity contribution in [3.63, 3.8) is 0 Å². The van der Waals surface area contributed by atoms with Gasteiger partial charge in [0, 0.05) is 17.3 Å². The molecule has 0 saturated carbocycles. The van der Waals surface area contributed by atoms with Gasteiger partial charge in [-0.15, -0.1) is 0 Å². The molecule has 0 aliphatic carbocycles. The molecule has 0 aliphatic heterocycles. The zero-order valence-electron chi connectivity index (χ0n) is 16.5. The van der Waals surface area contributed by atoms with E-state index >= 15 is 0 Å². The number of hydrogen-bond donors (Lipinski definition) is 1. The number of anilines is 1. The van der Waals surface area contributed by atoms with E-state index < -0.39 is 17.3 Å². The molecule has 8 nitrogen and oxygen atoms in total. The van der Waals surface area contributed by atoms with Crippen molar-refractivity contribution < 1.29 is 14.3 Å². The number of esters is 1. The molecule has 3 rings (SSSR count). The summed E-state index contributed by atoms with van der Waals surface area (Å²) in [6.45, 7) is 5.79. The molecule has 0 bridgehead atoms. The second kappa shape index (κ2) is 9.19. The van der Waals surface area contributed by atoms with Gasteiger partial charge in [-0.3, -0.25) is 14.9 Å². The minimum Gasteiger partial charge on any atom is -0.461 e. The van der Waals surface area contributed by atoms with Gasteiger partial charge in [-0.05, 0) is 31.0 Å². The normalized spacial score (nSPS) is 10.8. The van der Waals surface area contributed by atoms with E-state index in [9.17, 15) is 14.4 Å². The van der Waals surface area contributed by atoms with Gasteiger partial charge >= 0.3 is 5.97 Å². The highest BCUT2D eigenvalue weighted by molar-refractivity contribution is 7.17. The number of aryl methyl sites for hydroxylation is 1. The lowest BCUT2D eigenvalue weighted by Crippen LogP contribution is -2.25. The van der Waals surface area contributed by atoms with Crippen molar-refractivity contribution in [2.45, 2.75) is 20.8 Å². The van der Waals surface area contributed by atoms with Gasteiger partial charge in [-0.25, -0.2) is 14.5 Å². The van der Waals surface area contributed by atoms with E-state index in [1.165, 1.54) is 16.9 Å². The molecule has 0 saturated heterocycles. The predicted molar refractivity (Wildman–Crippen MR) is 115 cm³/mol. The Labute approximate surface area is 181 Å². The number of benzene rings is 1. The Hall–Kier alpha value is -3.04.